The Kier molecular flexibility index (Phi) is 4.55. The van der Waals surface area contributed by atoms with E-state index in [1.54, 1.807) is 12.1 Å². The molecule has 8 heteroatoms. The predicted molar refractivity (Wildman–Crippen MR) is 100 cm³/mol. The molecule has 2 atom stereocenters. The Morgan fingerprint density at radius 1 is 1.39 bits per heavy atom. The lowest BCUT2D eigenvalue weighted by Gasteiger charge is -2.44. The fourth-order valence-corrected chi connectivity index (χ4v) is 5.13. The molecule has 0 aliphatic carbocycles. The average molecular weight is 399 g/mol. The third-order valence-electron chi connectivity index (χ3n) is 4.82. The number of para-hydroxylation sites is 1. The normalized spacial score (nSPS) is 23.0. The van der Waals surface area contributed by atoms with E-state index in [2.05, 4.69) is 11.2 Å². The van der Waals surface area contributed by atoms with Crippen LogP contribution in [-0.4, -0.2) is 22.6 Å². The molecule has 2 aromatic carbocycles. The third-order valence-corrected chi connectivity index (χ3v) is 6.35. The van der Waals surface area contributed by atoms with Crippen molar-refractivity contribution < 1.29 is 18.3 Å². The van der Waals surface area contributed by atoms with E-state index in [-0.39, 0.29) is 29.5 Å². The van der Waals surface area contributed by atoms with E-state index in [1.807, 2.05) is 12.1 Å². The van der Waals surface area contributed by atoms with Crippen molar-refractivity contribution in [1.82, 2.24) is 5.01 Å². The lowest BCUT2D eigenvalue weighted by Crippen LogP contribution is -2.50. The summed E-state index contributed by atoms with van der Waals surface area (Å²) in [5, 5.41) is 15.2. The first-order valence-electron chi connectivity index (χ1n) is 8.60. The Morgan fingerprint density at radius 2 is 2.18 bits per heavy atom. The molecule has 0 bridgehead atoms. The molecule has 2 aliphatic rings. The van der Waals surface area contributed by atoms with E-state index in [0.29, 0.717) is 11.3 Å². The Balaban J connectivity index is 1.91. The third kappa shape index (κ3) is 2.74. The number of thioether (sulfide) groups is 1. The van der Waals surface area contributed by atoms with Gasteiger partial charge in [0.15, 0.2) is 4.87 Å². The maximum atomic E-state index is 14.4. The second kappa shape index (κ2) is 6.91. The smallest absolute Gasteiger partial charge is 0.241 e. The molecular weight excluding hydrogens is 384 g/mol. The minimum Gasteiger partial charge on any atom is -0.493 e. The van der Waals surface area contributed by atoms with Gasteiger partial charge in [0.05, 0.1) is 12.7 Å². The molecule has 2 heterocycles. The quantitative estimate of drug-likeness (QED) is 0.766. The van der Waals surface area contributed by atoms with Crippen molar-refractivity contribution in [3.8, 4) is 11.8 Å². The van der Waals surface area contributed by atoms with Crippen LogP contribution >= 0.6 is 11.8 Å². The van der Waals surface area contributed by atoms with Gasteiger partial charge in [0, 0.05) is 30.4 Å². The first-order chi connectivity index (χ1) is 13.5. The van der Waals surface area contributed by atoms with Crippen LogP contribution in [0.15, 0.2) is 47.6 Å². The summed E-state index contributed by atoms with van der Waals surface area (Å²) >= 11 is 1.15. The van der Waals surface area contributed by atoms with Crippen LogP contribution < -0.4 is 4.74 Å². The molecule has 4 rings (SSSR count). The van der Waals surface area contributed by atoms with Gasteiger partial charge in [-0.25, -0.2) is 13.8 Å². The van der Waals surface area contributed by atoms with Crippen molar-refractivity contribution in [3.05, 3.63) is 65.2 Å². The average Bonchev–Trinajstić information content (AvgIpc) is 3.08. The van der Waals surface area contributed by atoms with Gasteiger partial charge < -0.3 is 4.74 Å². The summed E-state index contributed by atoms with van der Waals surface area (Å²) in [7, 11) is 0. The molecule has 0 unspecified atom stereocenters. The van der Waals surface area contributed by atoms with Gasteiger partial charge in [-0.3, -0.25) is 4.79 Å². The molecular formula is C20H15F2N3O2S. The monoisotopic (exact) mass is 399 g/mol. The van der Waals surface area contributed by atoms with Crippen LogP contribution in [0.1, 0.15) is 24.5 Å². The number of amides is 1. The maximum absolute atomic E-state index is 14.4. The number of benzene rings is 2. The van der Waals surface area contributed by atoms with Gasteiger partial charge in [0.25, 0.3) is 0 Å². The van der Waals surface area contributed by atoms with Gasteiger partial charge in [-0.05, 0) is 24.3 Å². The highest BCUT2D eigenvalue weighted by Crippen LogP contribution is 2.57. The van der Waals surface area contributed by atoms with Crippen molar-refractivity contribution in [2.24, 2.45) is 11.0 Å². The highest BCUT2D eigenvalue weighted by Gasteiger charge is 2.56. The van der Waals surface area contributed by atoms with Gasteiger partial charge >= 0.3 is 0 Å². The number of hydrazone groups is 1. The summed E-state index contributed by atoms with van der Waals surface area (Å²) < 4.78 is 34.0. The lowest BCUT2D eigenvalue weighted by atomic mass is 9.87. The zero-order valence-electron chi connectivity index (χ0n) is 14.9. The summed E-state index contributed by atoms with van der Waals surface area (Å²) in [5.74, 6) is -1.42. The fraction of sp³-hybridized carbons (Fsp3) is 0.250. The van der Waals surface area contributed by atoms with E-state index < -0.39 is 22.4 Å². The van der Waals surface area contributed by atoms with E-state index in [0.717, 1.165) is 30.0 Å². The molecule has 142 valence electrons. The van der Waals surface area contributed by atoms with E-state index in [9.17, 15) is 18.8 Å². The number of carbonyl (C=O) groups is 1. The summed E-state index contributed by atoms with van der Waals surface area (Å²) in [5.41, 5.74) is 0.657. The first-order valence-corrected chi connectivity index (χ1v) is 9.42. The van der Waals surface area contributed by atoms with Crippen LogP contribution in [0.4, 0.5) is 8.78 Å². The second-order valence-electron chi connectivity index (χ2n) is 6.52. The molecule has 0 saturated carbocycles. The van der Waals surface area contributed by atoms with Gasteiger partial charge in [-0.2, -0.15) is 10.4 Å². The van der Waals surface area contributed by atoms with Crippen molar-refractivity contribution in [2.75, 3.05) is 6.61 Å². The van der Waals surface area contributed by atoms with Crippen molar-refractivity contribution in [3.63, 3.8) is 0 Å². The fourth-order valence-electron chi connectivity index (χ4n) is 3.60. The number of rotatable bonds is 2. The van der Waals surface area contributed by atoms with Crippen LogP contribution in [0.2, 0.25) is 0 Å². The predicted octanol–water partition coefficient (Wildman–Crippen LogP) is 4.00. The molecule has 0 saturated heterocycles. The molecule has 0 fully saturated rings. The second-order valence-corrected chi connectivity index (χ2v) is 7.74. The molecule has 0 aromatic heterocycles. The SMILES string of the molecule is CC(=O)N1N=C(c2cc(F)ccc2F)S[C@]12c1ccccc1OC[C@@H]2CC#N. The number of ether oxygens (including phenoxy) is 1. The number of fused-ring (bicyclic) bond motifs is 2. The Morgan fingerprint density at radius 3 is 2.93 bits per heavy atom. The molecule has 0 N–H and O–H groups in total. The lowest BCUT2D eigenvalue weighted by molar-refractivity contribution is -0.134. The zero-order valence-corrected chi connectivity index (χ0v) is 15.7. The summed E-state index contributed by atoms with van der Waals surface area (Å²) in [6.45, 7) is 1.56. The van der Waals surface area contributed by atoms with Crippen LogP contribution in [0, 0.1) is 28.9 Å². The van der Waals surface area contributed by atoms with Crippen LogP contribution in [0.3, 0.4) is 0 Å². The number of hydrogen-bond acceptors (Lipinski definition) is 5. The summed E-state index contributed by atoms with van der Waals surface area (Å²) in [4.78, 5) is 11.5. The molecule has 1 amide bonds. The topological polar surface area (TPSA) is 65.7 Å². The molecule has 2 aliphatic heterocycles. The van der Waals surface area contributed by atoms with Crippen LogP contribution in [0.5, 0.6) is 5.75 Å². The standard InChI is InChI=1S/C20H15F2N3O2S/c1-12(26)25-20(28-19(24-25)15-10-14(21)6-7-17(15)22)13(8-9-23)11-27-18-5-3-2-4-16(18)20/h2-7,10,13H,8,11H2,1H3/t13-,20+/m0/s1. The van der Waals surface area contributed by atoms with E-state index in [4.69, 9.17) is 4.74 Å². The van der Waals surface area contributed by atoms with Crippen molar-refractivity contribution in [2.45, 2.75) is 18.2 Å². The van der Waals surface area contributed by atoms with E-state index >= 15 is 0 Å². The summed E-state index contributed by atoms with van der Waals surface area (Å²) in [6, 6.07) is 12.5. The van der Waals surface area contributed by atoms with Gasteiger partial charge in [0.1, 0.15) is 22.4 Å². The highest BCUT2D eigenvalue weighted by atomic mass is 32.2. The molecule has 5 nitrogen and oxygen atoms in total. The minimum atomic E-state index is -1.06. The molecule has 2 aromatic rings. The number of nitriles is 1. The van der Waals surface area contributed by atoms with Gasteiger partial charge in [-0.1, -0.05) is 30.0 Å². The largest absolute Gasteiger partial charge is 0.493 e. The Hall–Kier alpha value is -2.92. The van der Waals surface area contributed by atoms with E-state index in [1.165, 1.54) is 11.9 Å². The number of hydrogen-bond donors (Lipinski definition) is 0. The minimum absolute atomic E-state index is 0.0206. The van der Waals surface area contributed by atoms with Crippen LogP contribution in [-0.2, 0) is 9.67 Å². The Labute approximate surface area is 164 Å². The maximum Gasteiger partial charge on any atom is 0.241 e. The van der Waals surface area contributed by atoms with Crippen molar-refractivity contribution in [1.29, 1.82) is 5.26 Å². The first kappa shape index (κ1) is 18.4. The Bertz CT molecular complexity index is 1040. The number of nitrogens with zero attached hydrogens (tertiary/aromatic N) is 3. The number of halogens is 2. The van der Waals surface area contributed by atoms with Gasteiger partial charge in [0.2, 0.25) is 5.91 Å². The van der Waals surface area contributed by atoms with Crippen molar-refractivity contribution >= 4 is 22.7 Å². The zero-order chi connectivity index (χ0) is 19.9. The molecule has 0 radical (unpaired) electrons. The number of carbonyl (C=O) groups excluding carboxylic acids is 1. The van der Waals surface area contributed by atoms with Gasteiger partial charge in [-0.15, -0.1) is 0 Å². The summed E-state index contributed by atoms with van der Waals surface area (Å²) in [6.07, 6.45) is 0.111. The molecule has 1 spiro atoms. The highest BCUT2D eigenvalue weighted by molar-refractivity contribution is 8.15. The van der Waals surface area contributed by atoms with Crippen LogP contribution in [0.25, 0.3) is 0 Å². The molecule has 28 heavy (non-hydrogen) atoms.